The number of carbonyl (C=O) groups excluding carboxylic acids is 1. The summed E-state index contributed by atoms with van der Waals surface area (Å²) < 4.78 is 18.6. The summed E-state index contributed by atoms with van der Waals surface area (Å²) in [5.41, 5.74) is 6.19. The van der Waals surface area contributed by atoms with E-state index in [1.54, 1.807) is 12.1 Å². The van der Waals surface area contributed by atoms with Gasteiger partial charge in [-0.2, -0.15) is 0 Å². The van der Waals surface area contributed by atoms with Gasteiger partial charge in [-0.25, -0.2) is 4.39 Å². The highest BCUT2D eigenvalue weighted by Crippen LogP contribution is 2.47. The highest BCUT2D eigenvalue weighted by atomic mass is 19.1. The first-order valence-electron chi connectivity index (χ1n) is 7.45. The number of nitrogens with one attached hydrogen (secondary N) is 1. The third-order valence-corrected chi connectivity index (χ3v) is 4.72. The lowest BCUT2D eigenvalue weighted by atomic mass is 9.89. The van der Waals surface area contributed by atoms with Gasteiger partial charge < -0.3 is 15.8 Å². The maximum atomic E-state index is 13.4. The predicted molar refractivity (Wildman–Crippen MR) is 77.3 cm³/mol. The van der Waals surface area contributed by atoms with Crippen molar-refractivity contribution in [3.8, 4) is 0 Å². The smallest absolute Gasteiger partial charge is 0.240 e. The van der Waals surface area contributed by atoms with Crippen LogP contribution in [0, 0.1) is 5.82 Å². The Balaban J connectivity index is 1.63. The molecule has 114 valence electrons. The van der Waals surface area contributed by atoms with E-state index in [0.29, 0.717) is 32.6 Å². The first kappa shape index (κ1) is 14.5. The second kappa shape index (κ2) is 5.39. The first-order chi connectivity index (χ1) is 10.0. The fourth-order valence-corrected chi connectivity index (χ4v) is 2.92. The third-order valence-electron chi connectivity index (χ3n) is 4.72. The Morgan fingerprint density at radius 2 is 2.00 bits per heavy atom. The third kappa shape index (κ3) is 2.94. The van der Waals surface area contributed by atoms with Gasteiger partial charge in [-0.3, -0.25) is 4.79 Å². The predicted octanol–water partition coefficient (Wildman–Crippen LogP) is 1.48. The molecule has 0 unspecified atom stereocenters. The number of amides is 1. The van der Waals surface area contributed by atoms with Crippen molar-refractivity contribution in [1.29, 1.82) is 0 Å². The molecule has 1 aromatic carbocycles. The minimum atomic E-state index is -0.823. The topological polar surface area (TPSA) is 64.4 Å². The quantitative estimate of drug-likeness (QED) is 0.883. The van der Waals surface area contributed by atoms with Gasteiger partial charge in [0, 0.05) is 25.2 Å². The van der Waals surface area contributed by atoms with Crippen molar-refractivity contribution in [2.75, 3.05) is 19.8 Å². The minimum Gasteiger partial charge on any atom is -0.381 e. The average molecular weight is 292 g/mol. The molecule has 2 fully saturated rings. The number of benzene rings is 1. The Hall–Kier alpha value is -1.46. The lowest BCUT2D eigenvalue weighted by Crippen LogP contribution is -2.57. The average Bonchev–Trinajstić information content (AvgIpc) is 3.27. The monoisotopic (exact) mass is 292 g/mol. The summed E-state index contributed by atoms with van der Waals surface area (Å²) >= 11 is 0. The van der Waals surface area contributed by atoms with Crippen LogP contribution in [0.4, 0.5) is 4.39 Å². The Morgan fingerprint density at radius 1 is 1.29 bits per heavy atom. The van der Waals surface area contributed by atoms with Gasteiger partial charge in [0.1, 0.15) is 5.82 Å². The summed E-state index contributed by atoms with van der Waals surface area (Å²) in [6.07, 6.45) is 3.03. The van der Waals surface area contributed by atoms with E-state index in [4.69, 9.17) is 10.5 Å². The second-order valence-corrected chi connectivity index (χ2v) is 6.24. The summed E-state index contributed by atoms with van der Waals surface area (Å²) in [6, 6.07) is 6.64. The van der Waals surface area contributed by atoms with Crippen LogP contribution < -0.4 is 11.1 Å². The molecule has 0 atom stereocenters. The number of nitrogens with two attached hydrogens (primary N) is 1. The maximum absolute atomic E-state index is 13.4. The molecule has 0 radical (unpaired) electrons. The van der Waals surface area contributed by atoms with Crippen LogP contribution in [0.15, 0.2) is 24.3 Å². The fourth-order valence-electron chi connectivity index (χ4n) is 2.92. The van der Waals surface area contributed by atoms with E-state index in [0.717, 1.165) is 18.4 Å². The number of rotatable bonds is 4. The van der Waals surface area contributed by atoms with E-state index in [9.17, 15) is 9.18 Å². The zero-order chi connectivity index (χ0) is 14.9. The van der Waals surface area contributed by atoms with Gasteiger partial charge in [0.25, 0.3) is 0 Å². The normalized spacial score (nSPS) is 22.6. The SMILES string of the molecule is NC1(C(=O)NCC2(c3cccc(F)c3)CC2)CCOCC1. The number of carbonyl (C=O) groups is 1. The molecule has 3 N–H and O–H groups in total. The highest BCUT2D eigenvalue weighted by molar-refractivity contribution is 5.86. The van der Waals surface area contributed by atoms with Crippen LogP contribution in [0.5, 0.6) is 0 Å². The van der Waals surface area contributed by atoms with Gasteiger partial charge >= 0.3 is 0 Å². The van der Waals surface area contributed by atoms with Crippen molar-refractivity contribution in [2.24, 2.45) is 5.73 Å². The fraction of sp³-hybridized carbons (Fsp3) is 0.562. The molecule has 21 heavy (non-hydrogen) atoms. The van der Waals surface area contributed by atoms with E-state index < -0.39 is 5.54 Å². The Kier molecular flexibility index (Phi) is 3.71. The molecule has 0 bridgehead atoms. The lowest BCUT2D eigenvalue weighted by molar-refractivity contribution is -0.129. The molecule has 1 aromatic rings. The lowest BCUT2D eigenvalue weighted by Gasteiger charge is -2.32. The molecule has 1 amide bonds. The van der Waals surface area contributed by atoms with Gasteiger partial charge in [0.2, 0.25) is 5.91 Å². The van der Waals surface area contributed by atoms with Crippen molar-refractivity contribution >= 4 is 5.91 Å². The van der Waals surface area contributed by atoms with Crippen molar-refractivity contribution in [2.45, 2.75) is 36.6 Å². The highest BCUT2D eigenvalue weighted by Gasteiger charge is 2.46. The molecule has 1 saturated heterocycles. The molecular formula is C16H21FN2O2. The van der Waals surface area contributed by atoms with Crippen LogP contribution in [0.3, 0.4) is 0 Å². The summed E-state index contributed by atoms with van der Waals surface area (Å²) in [7, 11) is 0. The van der Waals surface area contributed by atoms with Crippen LogP contribution >= 0.6 is 0 Å². The summed E-state index contributed by atoms with van der Waals surface area (Å²) in [5, 5.41) is 2.97. The number of hydrogen-bond acceptors (Lipinski definition) is 3. The van der Waals surface area contributed by atoms with E-state index >= 15 is 0 Å². The zero-order valence-electron chi connectivity index (χ0n) is 12.0. The minimum absolute atomic E-state index is 0.112. The van der Waals surface area contributed by atoms with E-state index in [-0.39, 0.29) is 17.1 Å². The van der Waals surface area contributed by atoms with Gasteiger partial charge in [-0.15, -0.1) is 0 Å². The first-order valence-corrected chi connectivity index (χ1v) is 7.45. The molecule has 1 heterocycles. The largest absolute Gasteiger partial charge is 0.381 e. The Morgan fingerprint density at radius 3 is 2.62 bits per heavy atom. The van der Waals surface area contributed by atoms with E-state index in [2.05, 4.69) is 5.32 Å². The molecule has 4 nitrogen and oxygen atoms in total. The molecular weight excluding hydrogens is 271 g/mol. The molecule has 3 rings (SSSR count). The standard InChI is InChI=1S/C16H21FN2O2/c17-13-3-1-2-12(10-13)15(4-5-15)11-19-14(20)16(18)6-8-21-9-7-16/h1-3,10H,4-9,11,18H2,(H,19,20). The van der Waals surface area contributed by atoms with E-state index in [1.165, 1.54) is 6.07 Å². The van der Waals surface area contributed by atoms with Crippen LogP contribution in [-0.4, -0.2) is 31.2 Å². The zero-order valence-corrected chi connectivity index (χ0v) is 12.0. The summed E-state index contributed by atoms with van der Waals surface area (Å²) in [5.74, 6) is -0.349. The van der Waals surface area contributed by atoms with Crippen molar-refractivity contribution in [3.05, 3.63) is 35.6 Å². The Bertz CT molecular complexity index is 537. The summed E-state index contributed by atoms with van der Waals surface area (Å²) in [6.45, 7) is 1.58. The van der Waals surface area contributed by atoms with Gasteiger partial charge in [-0.05, 0) is 43.4 Å². The molecule has 0 spiro atoms. The molecule has 0 aromatic heterocycles. The van der Waals surface area contributed by atoms with Crippen molar-refractivity contribution in [1.82, 2.24) is 5.32 Å². The van der Waals surface area contributed by atoms with Crippen molar-refractivity contribution in [3.63, 3.8) is 0 Å². The van der Waals surface area contributed by atoms with Gasteiger partial charge in [-0.1, -0.05) is 12.1 Å². The van der Waals surface area contributed by atoms with Crippen LogP contribution in [-0.2, 0) is 14.9 Å². The molecule has 1 aliphatic carbocycles. The van der Waals surface area contributed by atoms with Crippen LogP contribution in [0.1, 0.15) is 31.2 Å². The molecule has 1 aliphatic heterocycles. The van der Waals surface area contributed by atoms with Crippen molar-refractivity contribution < 1.29 is 13.9 Å². The maximum Gasteiger partial charge on any atom is 0.240 e. The van der Waals surface area contributed by atoms with E-state index in [1.807, 2.05) is 6.07 Å². The second-order valence-electron chi connectivity index (χ2n) is 6.24. The summed E-state index contributed by atoms with van der Waals surface area (Å²) in [4.78, 5) is 12.3. The van der Waals surface area contributed by atoms with Crippen LogP contribution in [0.25, 0.3) is 0 Å². The van der Waals surface area contributed by atoms with Gasteiger partial charge in [0.15, 0.2) is 0 Å². The number of hydrogen-bond donors (Lipinski definition) is 2. The number of halogens is 1. The molecule has 1 saturated carbocycles. The Labute approximate surface area is 123 Å². The number of ether oxygens (including phenoxy) is 1. The molecule has 5 heteroatoms. The van der Waals surface area contributed by atoms with Crippen LogP contribution in [0.2, 0.25) is 0 Å². The molecule has 2 aliphatic rings. The van der Waals surface area contributed by atoms with Gasteiger partial charge in [0.05, 0.1) is 5.54 Å².